The Kier molecular flexibility index (Phi) is 3.56. The Hall–Kier alpha value is -2.63. The number of rotatable bonds is 4. The molecule has 0 amide bonds. The maximum atomic E-state index is 11.2. The molecule has 1 heterocycles. The van der Waals surface area contributed by atoms with E-state index >= 15 is 0 Å². The maximum absolute atomic E-state index is 11.2. The summed E-state index contributed by atoms with van der Waals surface area (Å²) in [6, 6.07) is 5.78. The Bertz CT molecular complexity index is 689. The summed E-state index contributed by atoms with van der Waals surface area (Å²) in [6.07, 6.45) is 0.609. The zero-order valence-corrected chi connectivity index (χ0v) is 11.3. The van der Waals surface area contributed by atoms with Gasteiger partial charge in [-0.05, 0) is 25.5 Å². The van der Waals surface area contributed by atoms with Crippen molar-refractivity contribution in [3.8, 4) is 11.3 Å². The van der Waals surface area contributed by atoms with E-state index in [-0.39, 0.29) is 17.9 Å². The van der Waals surface area contributed by atoms with E-state index in [4.69, 9.17) is 10.8 Å². The van der Waals surface area contributed by atoms with Crippen molar-refractivity contribution in [2.75, 3.05) is 5.73 Å². The predicted octanol–water partition coefficient (Wildman–Crippen LogP) is 1.65. The number of aromatic nitrogens is 2. The molecule has 0 saturated heterocycles. The van der Waals surface area contributed by atoms with E-state index in [1.54, 1.807) is 0 Å². The topological polar surface area (TPSA) is 98.2 Å². The highest BCUT2D eigenvalue weighted by Crippen LogP contribution is 2.29. The normalized spacial score (nSPS) is 10.5. The third-order valence-corrected chi connectivity index (χ3v) is 3.08. The van der Waals surface area contributed by atoms with Crippen LogP contribution < -0.4 is 5.73 Å². The fourth-order valence-electron chi connectivity index (χ4n) is 2.04. The van der Waals surface area contributed by atoms with Crippen molar-refractivity contribution in [3.05, 3.63) is 34.9 Å². The van der Waals surface area contributed by atoms with E-state index in [1.807, 2.05) is 32.0 Å². The molecule has 0 fully saturated rings. The first-order valence-electron chi connectivity index (χ1n) is 6.05. The number of aryl methyl sites for hydroxylation is 2. The lowest BCUT2D eigenvalue weighted by molar-refractivity contribution is -0.137. The molecule has 0 radical (unpaired) electrons. The highest BCUT2D eigenvalue weighted by Gasteiger charge is 2.19. The fourth-order valence-corrected chi connectivity index (χ4v) is 2.04. The van der Waals surface area contributed by atoms with Crippen LogP contribution in [0.15, 0.2) is 18.2 Å². The number of hydrogen-bond acceptors (Lipinski definition) is 4. The number of carboxylic acids is 1. The standard InChI is InChI=1S/C14H15N3O3/c1-8-3-4-9(2)10(5-8)13-11(7-18)14(15)17(16-13)6-12(19)20/h3-5,7H,6,15H2,1-2H3,(H,19,20). The number of carbonyl (C=O) groups is 2. The minimum Gasteiger partial charge on any atom is -0.480 e. The number of carboxylic acid groups (broad SMARTS) is 1. The lowest BCUT2D eigenvalue weighted by Gasteiger charge is -2.04. The number of aliphatic carboxylic acids is 1. The molecule has 0 atom stereocenters. The number of hydrogen-bond donors (Lipinski definition) is 2. The Morgan fingerprint density at radius 1 is 1.45 bits per heavy atom. The molecular weight excluding hydrogens is 258 g/mol. The lowest BCUT2D eigenvalue weighted by Crippen LogP contribution is -2.12. The number of benzene rings is 1. The van der Waals surface area contributed by atoms with E-state index in [0.717, 1.165) is 21.4 Å². The van der Waals surface area contributed by atoms with Crippen molar-refractivity contribution in [2.24, 2.45) is 0 Å². The van der Waals surface area contributed by atoms with Crippen molar-refractivity contribution < 1.29 is 14.7 Å². The van der Waals surface area contributed by atoms with E-state index in [0.29, 0.717) is 12.0 Å². The fraction of sp³-hybridized carbons (Fsp3) is 0.214. The molecule has 20 heavy (non-hydrogen) atoms. The second kappa shape index (κ2) is 5.16. The van der Waals surface area contributed by atoms with Crippen molar-refractivity contribution in [2.45, 2.75) is 20.4 Å². The Balaban J connectivity index is 2.64. The first-order chi connectivity index (χ1) is 9.43. The van der Waals surface area contributed by atoms with Crippen LogP contribution in [0, 0.1) is 13.8 Å². The molecule has 1 aromatic heterocycles. The number of nitrogens with zero attached hydrogens (tertiary/aromatic N) is 2. The van der Waals surface area contributed by atoms with Crippen molar-refractivity contribution >= 4 is 18.1 Å². The van der Waals surface area contributed by atoms with Gasteiger partial charge < -0.3 is 10.8 Å². The third kappa shape index (κ3) is 2.40. The molecule has 0 spiro atoms. The number of carbonyl (C=O) groups excluding carboxylic acids is 1. The molecule has 2 aromatic rings. The van der Waals surface area contributed by atoms with Gasteiger partial charge in [-0.3, -0.25) is 9.59 Å². The van der Waals surface area contributed by atoms with Gasteiger partial charge in [0.2, 0.25) is 0 Å². The summed E-state index contributed by atoms with van der Waals surface area (Å²) in [5, 5.41) is 13.0. The van der Waals surface area contributed by atoms with Gasteiger partial charge in [0.05, 0.1) is 5.56 Å². The van der Waals surface area contributed by atoms with Crippen molar-refractivity contribution in [1.82, 2.24) is 9.78 Å². The van der Waals surface area contributed by atoms with Gasteiger partial charge in [0.15, 0.2) is 6.29 Å². The SMILES string of the molecule is Cc1ccc(C)c(-c2nn(CC(=O)O)c(N)c2C=O)c1. The lowest BCUT2D eigenvalue weighted by atomic mass is 10.0. The van der Waals surface area contributed by atoms with Crippen LogP contribution >= 0.6 is 0 Å². The summed E-state index contributed by atoms with van der Waals surface area (Å²) in [4.78, 5) is 22.0. The minimum atomic E-state index is -1.07. The molecule has 104 valence electrons. The van der Waals surface area contributed by atoms with Gasteiger partial charge in [0.1, 0.15) is 18.1 Å². The van der Waals surface area contributed by atoms with Crippen LogP contribution in [0.25, 0.3) is 11.3 Å². The van der Waals surface area contributed by atoms with E-state index < -0.39 is 5.97 Å². The Morgan fingerprint density at radius 3 is 2.75 bits per heavy atom. The van der Waals surface area contributed by atoms with Gasteiger partial charge in [0.25, 0.3) is 0 Å². The molecule has 3 N–H and O–H groups in total. The van der Waals surface area contributed by atoms with Crippen LogP contribution in [0.1, 0.15) is 21.5 Å². The van der Waals surface area contributed by atoms with Gasteiger partial charge in [-0.2, -0.15) is 5.10 Å². The van der Waals surface area contributed by atoms with Crippen LogP contribution in [0.3, 0.4) is 0 Å². The van der Waals surface area contributed by atoms with Gasteiger partial charge in [-0.15, -0.1) is 0 Å². The van der Waals surface area contributed by atoms with Crippen LogP contribution in [0.2, 0.25) is 0 Å². The highest BCUT2D eigenvalue weighted by atomic mass is 16.4. The molecule has 6 nitrogen and oxygen atoms in total. The molecule has 0 aliphatic carbocycles. The minimum absolute atomic E-state index is 0.0679. The smallest absolute Gasteiger partial charge is 0.325 e. The monoisotopic (exact) mass is 273 g/mol. The summed E-state index contributed by atoms with van der Waals surface area (Å²) < 4.78 is 1.13. The molecule has 0 saturated carbocycles. The third-order valence-electron chi connectivity index (χ3n) is 3.08. The van der Waals surface area contributed by atoms with E-state index in [2.05, 4.69) is 5.10 Å². The molecule has 2 rings (SSSR count). The Morgan fingerprint density at radius 2 is 2.15 bits per heavy atom. The second-order valence-electron chi connectivity index (χ2n) is 4.64. The quantitative estimate of drug-likeness (QED) is 0.825. The van der Waals surface area contributed by atoms with Gasteiger partial charge in [0, 0.05) is 5.56 Å². The van der Waals surface area contributed by atoms with Gasteiger partial charge >= 0.3 is 5.97 Å². The van der Waals surface area contributed by atoms with Crippen LogP contribution in [-0.2, 0) is 11.3 Å². The zero-order valence-electron chi connectivity index (χ0n) is 11.3. The average molecular weight is 273 g/mol. The summed E-state index contributed by atoms with van der Waals surface area (Å²) in [6.45, 7) is 3.45. The average Bonchev–Trinajstić information content (AvgIpc) is 2.68. The number of aldehydes is 1. The molecule has 0 bridgehead atoms. The van der Waals surface area contributed by atoms with Crippen LogP contribution in [-0.4, -0.2) is 27.1 Å². The first kappa shape index (κ1) is 13.8. The second-order valence-corrected chi connectivity index (χ2v) is 4.64. The molecule has 0 unspecified atom stereocenters. The highest BCUT2D eigenvalue weighted by molar-refractivity contribution is 5.92. The summed E-state index contributed by atoms with van der Waals surface area (Å²) in [5.74, 6) is -0.998. The predicted molar refractivity (Wildman–Crippen MR) is 74.6 cm³/mol. The molecular formula is C14H15N3O3. The molecule has 0 aliphatic rings. The Labute approximate surface area is 115 Å². The van der Waals surface area contributed by atoms with E-state index in [1.165, 1.54) is 0 Å². The van der Waals surface area contributed by atoms with Crippen molar-refractivity contribution in [3.63, 3.8) is 0 Å². The number of nitrogen functional groups attached to an aromatic ring is 1. The van der Waals surface area contributed by atoms with Crippen LogP contribution in [0.4, 0.5) is 5.82 Å². The number of nitrogens with two attached hydrogens (primary N) is 1. The molecule has 0 aliphatic heterocycles. The van der Waals surface area contributed by atoms with E-state index in [9.17, 15) is 9.59 Å². The van der Waals surface area contributed by atoms with Crippen LogP contribution in [0.5, 0.6) is 0 Å². The molecule has 1 aromatic carbocycles. The van der Waals surface area contributed by atoms with Crippen molar-refractivity contribution in [1.29, 1.82) is 0 Å². The largest absolute Gasteiger partial charge is 0.480 e. The maximum Gasteiger partial charge on any atom is 0.325 e. The summed E-state index contributed by atoms with van der Waals surface area (Å²) >= 11 is 0. The summed E-state index contributed by atoms with van der Waals surface area (Å²) in [7, 11) is 0. The summed E-state index contributed by atoms with van der Waals surface area (Å²) in [5.41, 5.74) is 9.18. The number of anilines is 1. The zero-order chi connectivity index (χ0) is 14.9. The van der Waals surface area contributed by atoms with Gasteiger partial charge in [-0.1, -0.05) is 17.7 Å². The first-order valence-corrected chi connectivity index (χ1v) is 6.05. The molecule has 6 heteroatoms. The van der Waals surface area contributed by atoms with Gasteiger partial charge in [-0.25, -0.2) is 4.68 Å².